The molecule has 0 fully saturated rings. The molecule has 4 heteroatoms. The highest BCUT2D eigenvalue weighted by atomic mass is 127. The van der Waals surface area contributed by atoms with Gasteiger partial charge in [-0.2, -0.15) is 13.2 Å². The lowest BCUT2D eigenvalue weighted by atomic mass is 10.2. The summed E-state index contributed by atoms with van der Waals surface area (Å²) in [5.74, 6) is 0. The van der Waals surface area contributed by atoms with Crippen molar-refractivity contribution in [3.05, 3.63) is 67.3 Å². The van der Waals surface area contributed by atoms with Gasteiger partial charge in [0.25, 0.3) is 0 Å². The van der Waals surface area contributed by atoms with Crippen LogP contribution in [0.15, 0.2) is 54.6 Å². The molecule has 0 aliphatic rings. The van der Waals surface area contributed by atoms with Crippen LogP contribution in [-0.4, -0.2) is 0 Å². The van der Waals surface area contributed by atoms with Gasteiger partial charge in [-0.3, -0.25) is 0 Å². The lowest BCUT2D eigenvalue weighted by molar-refractivity contribution is -0.597. The van der Waals surface area contributed by atoms with Crippen LogP contribution in [-0.2, 0) is 6.18 Å². The third-order valence-corrected chi connectivity index (χ3v) is 4.74. The molecule has 0 aromatic heterocycles. The van der Waals surface area contributed by atoms with Gasteiger partial charge in [-0.15, -0.1) is 0 Å². The van der Waals surface area contributed by atoms with Crippen molar-refractivity contribution in [1.82, 2.24) is 0 Å². The van der Waals surface area contributed by atoms with Gasteiger partial charge in [0.05, 0.1) is 5.56 Å². The molecule has 17 heavy (non-hydrogen) atoms. The van der Waals surface area contributed by atoms with Crippen molar-refractivity contribution >= 4 is 0 Å². The fourth-order valence-electron chi connectivity index (χ4n) is 1.33. The summed E-state index contributed by atoms with van der Waals surface area (Å²) in [6, 6.07) is 15.2. The van der Waals surface area contributed by atoms with E-state index < -0.39 is 32.9 Å². The molecule has 0 nitrogen and oxygen atoms in total. The fraction of sp³-hybridized carbons (Fsp3) is 0.0769. The summed E-state index contributed by atoms with van der Waals surface area (Å²) in [6.45, 7) is 0. The highest BCUT2D eigenvalue weighted by molar-refractivity contribution is 5.17. The Hall–Kier alpha value is -1.04. The van der Waals surface area contributed by atoms with Gasteiger partial charge in [-0.05, 0) is 24.3 Å². The van der Waals surface area contributed by atoms with E-state index in [0.717, 1.165) is 13.2 Å². The van der Waals surface area contributed by atoms with E-state index in [4.69, 9.17) is 0 Å². The molecule has 0 aliphatic heterocycles. The maximum absolute atomic E-state index is 12.5. The van der Waals surface area contributed by atoms with Crippen LogP contribution >= 0.6 is 0 Å². The van der Waals surface area contributed by atoms with E-state index in [1.54, 1.807) is 6.07 Å². The van der Waals surface area contributed by atoms with Crippen molar-refractivity contribution in [3.8, 4) is 0 Å². The first-order valence-corrected chi connectivity index (χ1v) is 7.08. The Morgan fingerprint density at radius 2 is 1.41 bits per heavy atom. The van der Waals surface area contributed by atoms with Crippen molar-refractivity contribution in [2.24, 2.45) is 0 Å². The number of benzene rings is 2. The average Bonchev–Trinajstić information content (AvgIpc) is 2.29. The number of alkyl halides is 3. The summed E-state index contributed by atoms with van der Waals surface area (Å²) < 4.78 is 39.5. The summed E-state index contributed by atoms with van der Waals surface area (Å²) in [6.07, 6.45) is -4.25. The molecule has 0 saturated heterocycles. The zero-order valence-corrected chi connectivity index (χ0v) is 10.9. The number of hydrogen-bond donors (Lipinski definition) is 0. The molecule has 0 saturated carbocycles. The molecule has 0 radical (unpaired) electrons. The highest BCUT2D eigenvalue weighted by Crippen LogP contribution is 2.28. The molecule has 0 aliphatic carbocycles. The number of halogens is 4. The van der Waals surface area contributed by atoms with Gasteiger partial charge >= 0.3 is 27.4 Å². The van der Waals surface area contributed by atoms with Gasteiger partial charge in [-0.1, -0.05) is 24.3 Å². The monoisotopic (exact) mass is 349 g/mol. The predicted molar refractivity (Wildman–Crippen MR) is 55.3 cm³/mol. The Morgan fingerprint density at radius 3 is 2.06 bits per heavy atom. The summed E-state index contributed by atoms with van der Waals surface area (Å²) >= 11 is -0.536. The average molecular weight is 349 g/mol. The minimum atomic E-state index is -4.25. The van der Waals surface area contributed by atoms with E-state index in [9.17, 15) is 13.2 Å². The fourth-order valence-corrected chi connectivity index (χ4v) is 3.70. The molecule has 2 aromatic rings. The summed E-state index contributed by atoms with van der Waals surface area (Å²) in [5, 5.41) is 0. The maximum atomic E-state index is 12.5. The zero-order valence-electron chi connectivity index (χ0n) is 8.71. The Bertz CT molecular complexity index is 492. The van der Waals surface area contributed by atoms with Gasteiger partial charge in [-0.25, -0.2) is 0 Å². The second-order valence-electron chi connectivity index (χ2n) is 3.40. The lowest BCUT2D eigenvalue weighted by Crippen LogP contribution is -3.61. The van der Waals surface area contributed by atoms with Crippen molar-refractivity contribution < 1.29 is 34.4 Å². The third kappa shape index (κ3) is 3.46. The molecule has 0 unspecified atom stereocenters. The first-order valence-electron chi connectivity index (χ1n) is 4.93. The van der Waals surface area contributed by atoms with E-state index in [1.165, 1.54) is 12.1 Å². The molecule has 0 atom stereocenters. The summed E-state index contributed by atoms with van der Waals surface area (Å²) in [7, 11) is 0. The largest absolute Gasteiger partial charge is 0.416 e. The molecule has 0 amide bonds. The van der Waals surface area contributed by atoms with E-state index in [1.807, 2.05) is 30.3 Å². The Labute approximate surface area is 108 Å². The molecular weight excluding hydrogens is 340 g/mol. The van der Waals surface area contributed by atoms with Crippen molar-refractivity contribution in [1.29, 1.82) is 0 Å². The molecule has 0 spiro atoms. The predicted octanol–water partition coefficient (Wildman–Crippen LogP) is 0.834. The Balaban J connectivity index is 2.23. The van der Waals surface area contributed by atoms with Gasteiger partial charge in [0.15, 0.2) is 7.14 Å². The van der Waals surface area contributed by atoms with E-state index in [2.05, 4.69) is 0 Å². The van der Waals surface area contributed by atoms with Crippen LogP contribution in [0, 0.1) is 7.14 Å². The van der Waals surface area contributed by atoms with E-state index >= 15 is 0 Å². The molecule has 0 bridgehead atoms. The second kappa shape index (κ2) is 5.08. The van der Waals surface area contributed by atoms with Crippen molar-refractivity contribution in [2.45, 2.75) is 6.18 Å². The minimum Gasteiger partial charge on any atom is -0.166 e. The molecular formula is C13H9F3I+. The summed E-state index contributed by atoms with van der Waals surface area (Å²) in [4.78, 5) is 0. The molecule has 2 rings (SSSR count). The van der Waals surface area contributed by atoms with Crippen LogP contribution in [0.1, 0.15) is 5.56 Å². The van der Waals surface area contributed by atoms with Crippen molar-refractivity contribution in [3.63, 3.8) is 0 Å². The van der Waals surface area contributed by atoms with Crippen LogP contribution in [0.25, 0.3) is 0 Å². The Morgan fingerprint density at radius 1 is 0.765 bits per heavy atom. The van der Waals surface area contributed by atoms with Gasteiger partial charge in [0.1, 0.15) is 0 Å². The highest BCUT2D eigenvalue weighted by Gasteiger charge is 2.32. The van der Waals surface area contributed by atoms with Crippen LogP contribution in [0.4, 0.5) is 13.2 Å². The number of hydrogen-bond acceptors (Lipinski definition) is 0. The third-order valence-electron chi connectivity index (χ3n) is 2.10. The van der Waals surface area contributed by atoms with E-state index in [0.29, 0.717) is 0 Å². The minimum absolute atomic E-state index is 0.536. The normalized spacial score (nSPS) is 11.5. The van der Waals surface area contributed by atoms with Crippen molar-refractivity contribution in [2.75, 3.05) is 0 Å². The molecule has 88 valence electrons. The summed E-state index contributed by atoms with van der Waals surface area (Å²) in [5.41, 5.74) is -0.564. The Kier molecular flexibility index (Phi) is 3.71. The van der Waals surface area contributed by atoms with E-state index in [-0.39, 0.29) is 0 Å². The smallest absolute Gasteiger partial charge is 0.166 e. The maximum Gasteiger partial charge on any atom is 0.416 e. The van der Waals surface area contributed by atoms with Crippen LogP contribution in [0.5, 0.6) is 0 Å². The van der Waals surface area contributed by atoms with Crippen LogP contribution in [0.3, 0.4) is 0 Å². The molecule has 0 heterocycles. The molecule has 0 N–H and O–H groups in total. The lowest BCUT2D eigenvalue weighted by Gasteiger charge is -2.04. The van der Waals surface area contributed by atoms with Crippen LogP contribution in [0.2, 0.25) is 0 Å². The van der Waals surface area contributed by atoms with Gasteiger partial charge in [0, 0.05) is 6.07 Å². The number of rotatable bonds is 2. The van der Waals surface area contributed by atoms with Crippen LogP contribution < -0.4 is 21.2 Å². The van der Waals surface area contributed by atoms with Gasteiger partial charge in [0.2, 0.25) is 0 Å². The first-order chi connectivity index (χ1) is 8.05. The zero-order chi connectivity index (χ0) is 12.3. The quantitative estimate of drug-likeness (QED) is 0.705. The SMILES string of the molecule is FC(F)(F)c1cccc([I+]c2ccccc2)c1. The standard InChI is InChI=1S/C13H9F3I/c14-13(15,16)10-5-4-8-12(9-10)17-11-6-2-1-3-7-11/h1-9H/q+1. The topological polar surface area (TPSA) is 0 Å². The molecule has 2 aromatic carbocycles. The second-order valence-corrected chi connectivity index (χ2v) is 6.43. The van der Waals surface area contributed by atoms with Gasteiger partial charge < -0.3 is 0 Å². The first kappa shape index (κ1) is 12.4.